The van der Waals surface area contributed by atoms with Crippen molar-refractivity contribution < 1.29 is 4.79 Å². The van der Waals surface area contributed by atoms with Gasteiger partial charge in [-0.1, -0.05) is 54.6 Å². The van der Waals surface area contributed by atoms with E-state index in [4.69, 9.17) is 11.6 Å². The van der Waals surface area contributed by atoms with Crippen LogP contribution in [0.1, 0.15) is 10.5 Å². The smallest absolute Gasteiger partial charge is 0.196 e. The van der Waals surface area contributed by atoms with Gasteiger partial charge in [0, 0.05) is 10.9 Å². The quantitative estimate of drug-likeness (QED) is 0.506. The second-order valence-corrected chi connectivity index (χ2v) is 5.66. The molecule has 0 aliphatic rings. The molecule has 1 heterocycles. The maximum atomic E-state index is 11.5. The van der Waals surface area contributed by atoms with Gasteiger partial charge in [0.1, 0.15) is 10.7 Å². The molecule has 2 nitrogen and oxygen atoms in total. The number of carbonyl (C=O) groups excluding carboxylic acids is 1. The van der Waals surface area contributed by atoms with Gasteiger partial charge in [0.05, 0.1) is 5.88 Å². The number of rotatable bonds is 4. The molecular formula is C17H12ClNOS. The maximum Gasteiger partial charge on any atom is 0.196 e. The van der Waals surface area contributed by atoms with Gasteiger partial charge in [-0.15, -0.1) is 22.9 Å². The zero-order chi connectivity index (χ0) is 14.7. The molecule has 0 spiro atoms. The van der Waals surface area contributed by atoms with Crippen LogP contribution in [0.4, 0.5) is 0 Å². The summed E-state index contributed by atoms with van der Waals surface area (Å²) in [5.41, 5.74) is 3.79. The van der Waals surface area contributed by atoms with Gasteiger partial charge in [-0.2, -0.15) is 0 Å². The SMILES string of the molecule is O=C(CCl)c1csc(-c2ccc(-c3ccccc3)cc2)n1. The number of ketones is 1. The van der Waals surface area contributed by atoms with Gasteiger partial charge >= 0.3 is 0 Å². The molecule has 0 radical (unpaired) electrons. The number of hydrogen-bond donors (Lipinski definition) is 0. The average Bonchev–Trinajstić information content (AvgIpc) is 3.05. The second-order valence-electron chi connectivity index (χ2n) is 4.54. The fraction of sp³-hybridized carbons (Fsp3) is 0.0588. The Hall–Kier alpha value is -1.97. The Balaban J connectivity index is 1.87. The van der Waals surface area contributed by atoms with E-state index >= 15 is 0 Å². The van der Waals surface area contributed by atoms with Gasteiger partial charge in [-0.05, 0) is 11.1 Å². The van der Waals surface area contributed by atoms with Gasteiger partial charge in [0.25, 0.3) is 0 Å². The van der Waals surface area contributed by atoms with Crippen LogP contribution in [0.2, 0.25) is 0 Å². The predicted molar refractivity (Wildman–Crippen MR) is 88.0 cm³/mol. The second kappa shape index (κ2) is 6.20. The van der Waals surface area contributed by atoms with Crippen LogP contribution in [0.25, 0.3) is 21.7 Å². The lowest BCUT2D eigenvalue weighted by Crippen LogP contribution is -1.99. The summed E-state index contributed by atoms with van der Waals surface area (Å²) >= 11 is 7.00. The minimum atomic E-state index is -0.139. The molecule has 3 rings (SSSR count). The number of benzene rings is 2. The van der Waals surface area contributed by atoms with E-state index in [1.165, 1.54) is 16.9 Å². The summed E-state index contributed by atoms with van der Waals surface area (Å²) in [4.78, 5) is 15.8. The summed E-state index contributed by atoms with van der Waals surface area (Å²) in [6.45, 7) is 0. The van der Waals surface area contributed by atoms with Crippen LogP contribution in [-0.2, 0) is 0 Å². The molecule has 0 amide bonds. The molecule has 0 unspecified atom stereocenters. The molecule has 0 bridgehead atoms. The maximum absolute atomic E-state index is 11.5. The summed E-state index contributed by atoms with van der Waals surface area (Å²) in [5.74, 6) is -0.170. The first kappa shape index (κ1) is 14.0. The standard InChI is InChI=1S/C17H12ClNOS/c18-10-16(20)15-11-21-17(19-15)14-8-6-13(7-9-14)12-4-2-1-3-5-12/h1-9,11H,10H2. The molecular weight excluding hydrogens is 302 g/mol. The fourth-order valence-corrected chi connectivity index (χ4v) is 3.01. The molecule has 21 heavy (non-hydrogen) atoms. The molecule has 104 valence electrons. The third-order valence-electron chi connectivity index (χ3n) is 3.15. The lowest BCUT2D eigenvalue weighted by atomic mass is 10.0. The summed E-state index contributed by atoms with van der Waals surface area (Å²) in [6.07, 6.45) is 0. The summed E-state index contributed by atoms with van der Waals surface area (Å²) in [7, 11) is 0. The topological polar surface area (TPSA) is 30.0 Å². The van der Waals surface area contributed by atoms with Crippen LogP contribution < -0.4 is 0 Å². The van der Waals surface area contributed by atoms with Crippen molar-refractivity contribution in [1.82, 2.24) is 4.98 Å². The van der Waals surface area contributed by atoms with Crippen LogP contribution in [0.5, 0.6) is 0 Å². The molecule has 2 aromatic carbocycles. The molecule has 0 atom stereocenters. The molecule has 3 aromatic rings. The minimum absolute atomic E-state index is 0.0316. The number of halogens is 1. The molecule has 0 N–H and O–H groups in total. The first-order valence-electron chi connectivity index (χ1n) is 6.48. The third-order valence-corrected chi connectivity index (χ3v) is 4.28. The summed E-state index contributed by atoms with van der Waals surface area (Å²) < 4.78 is 0. The van der Waals surface area contributed by atoms with Gasteiger partial charge in [0.2, 0.25) is 0 Å². The van der Waals surface area contributed by atoms with E-state index in [1.807, 2.05) is 30.3 Å². The Labute approximate surface area is 132 Å². The fourth-order valence-electron chi connectivity index (χ4n) is 2.04. The normalized spacial score (nSPS) is 10.5. The van der Waals surface area contributed by atoms with E-state index < -0.39 is 0 Å². The number of Topliss-reactive ketones (excluding diaryl/α,β-unsaturated/α-hetero) is 1. The van der Waals surface area contributed by atoms with Gasteiger partial charge in [0.15, 0.2) is 5.78 Å². The highest BCUT2D eigenvalue weighted by Gasteiger charge is 2.10. The Bertz CT molecular complexity index is 750. The van der Waals surface area contributed by atoms with Crippen LogP contribution in [0.3, 0.4) is 0 Å². The Morgan fingerprint density at radius 2 is 1.57 bits per heavy atom. The average molecular weight is 314 g/mol. The monoisotopic (exact) mass is 313 g/mol. The van der Waals surface area contributed by atoms with Crippen molar-refractivity contribution in [3.8, 4) is 21.7 Å². The number of carbonyl (C=O) groups is 1. The Morgan fingerprint density at radius 1 is 0.952 bits per heavy atom. The van der Waals surface area contributed by atoms with Crippen molar-refractivity contribution >= 4 is 28.7 Å². The highest BCUT2D eigenvalue weighted by atomic mass is 35.5. The van der Waals surface area contributed by atoms with Crippen molar-refractivity contribution in [2.75, 3.05) is 5.88 Å². The van der Waals surface area contributed by atoms with E-state index in [-0.39, 0.29) is 11.7 Å². The lowest BCUT2D eigenvalue weighted by Gasteiger charge is -2.02. The first-order chi connectivity index (χ1) is 10.3. The zero-order valence-electron chi connectivity index (χ0n) is 11.1. The zero-order valence-corrected chi connectivity index (χ0v) is 12.7. The van der Waals surface area contributed by atoms with Crippen LogP contribution in [0.15, 0.2) is 60.0 Å². The van der Waals surface area contributed by atoms with Gasteiger partial charge < -0.3 is 0 Å². The number of aromatic nitrogens is 1. The molecule has 0 aliphatic heterocycles. The van der Waals surface area contributed by atoms with E-state index in [0.717, 1.165) is 16.1 Å². The van der Waals surface area contributed by atoms with E-state index in [1.54, 1.807) is 5.38 Å². The predicted octanol–water partition coefficient (Wildman–Crippen LogP) is 4.90. The third kappa shape index (κ3) is 3.04. The first-order valence-corrected chi connectivity index (χ1v) is 7.90. The Kier molecular flexibility index (Phi) is 4.13. The summed E-state index contributed by atoms with van der Waals surface area (Å²) in [5, 5.41) is 2.59. The molecule has 0 saturated carbocycles. The van der Waals surface area contributed by atoms with Crippen LogP contribution >= 0.6 is 22.9 Å². The van der Waals surface area contributed by atoms with Crippen molar-refractivity contribution in [3.63, 3.8) is 0 Å². The van der Waals surface area contributed by atoms with Gasteiger partial charge in [-0.25, -0.2) is 4.98 Å². The van der Waals surface area contributed by atoms with Gasteiger partial charge in [-0.3, -0.25) is 4.79 Å². The van der Waals surface area contributed by atoms with Crippen molar-refractivity contribution in [1.29, 1.82) is 0 Å². The van der Waals surface area contributed by atoms with Crippen LogP contribution in [-0.4, -0.2) is 16.6 Å². The summed E-state index contributed by atoms with van der Waals surface area (Å²) in [6, 6.07) is 18.4. The molecule has 0 aliphatic carbocycles. The molecule has 1 aromatic heterocycles. The van der Waals surface area contributed by atoms with Crippen LogP contribution in [0, 0.1) is 0 Å². The van der Waals surface area contributed by atoms with E-state index in [9.17, 15) is 4.79 Å². The number of hydrogen-bond acceptors (Lipinski definition) is 3. The number of alkyl halides is 1. The van der Waals surface area contributed by atoms with Crippen molar-refractivity contribution in [2.24, 2.45) is 0 Å². The van der Waals surface area contributed by atoms with Crippen molar-refractivity contribution in [2.45, 2.75) is 0 Å². The highest BCUT2D eigenvalue weighted by Crippen LogP contribution is 2.27. The van der Waals surface area contributed by atoms with E-state index in [0.29, 0.717) is 5.69 Å². The molecule has 0 fully saturated rings. The molecule has 0 saturated heterocycles. The number of thiazole rings is 1. The molecule has 4 heteroatoms. The van der Waals surface area contributed by atoms with Crippen molar-refractivity contribution in [3.05, 3.63) is 65.7 Å². The minimum Gasteiger partial charge on any atom is -0.291 e. The Morgan fingerprint density at radius 3 is 2.24 bits per heavy atom. The lowest BCUT2D eigenvalue weighted by molar-refractivity contribution is 0.101. The highest BCUT2D eigenvalue weighted by molar-refractivity contribution is 7.13. The largest absolute Gasteiger partial charge is 0.291 e. The van der Waals surface area contributed by atoms with E-state index in [2.05, 4.69) is 29.2 Å². The number of nitrogens with zero attached hydrogens (tertiary/aromatic N) is 1.